The van der Waals surface area contributed by atoms with Crippen LogP contribution in [-0.4, -0.2) is 34.4 Å². The predicted octanol–water partition coefficient (Wildman–Crippen LogP) is 0.569. The first-order valence-electron chi connectivity index (χ1n) is 6.59. The Bertz CT molecular complexity index is 401. The van der Waals surface area contributed by atoms with Crippen molar-refractivity contribution in [2.45, 2.75) is 59.5 Å². The highest BCUT2D eigenvalue weighted by molar-refractivity contribution is 6.07. The monoisotopic (exact) mass is 286 g/mol. The summed E-state index contributed by atoms with van der Waals surface area (Å²) in [7, 11) is 0. The number of carbonyl (C=O) groups is 2. The molecule has 2 unspecified atom stereocenters. The van der Waals surface area contributed by atoms with Crippen LogP contribution in [0.3, 0.4) is 0 Å². The van der Waals surface area contributed by atoms with Gasteiger partial charge < -0.3 is 21.6 Å². The molecule has 0 aliphatic carbocycles. The molecule has 0 bridgehead atoms. The summed E-state index contributed by atoms with van der Waals surface area (Å²) in [6.07, 6.45) is 0.350. The molecule has 0 spiro atoms. The van der Waals surface area contributed by atoms with E-state index in [2.05, 4.69) is 15.8 Å². The molecule has 0 saturated heterocycles. The van der Waals surface area contributed by atoms with Crippen LogP contribution in [0.25, 0.3) is 0 Å². The summed E-state index contributed by atoms with van der Waals surface area (Å²) in [5.74, 6) is -0.920. The van der Waals surface area contributed by atoms with Crippen molar-refractivity contribution in [3.63, 3.8) is 0 Å². The van der Waals surface area contributed by atoms with Gasteiger partial charge in [-0.1, -0.05) is 12.1 Å². The third-order valence-electron chi connectivity index (χ3n) is 3.12. The summed E-state index contributed by atoms with van der Waals surface area (Å²) in [6.45, 7) is 10.5. The van der Waals surface area contributed by atoms with E-state index in [1.807, 2.05) is 20.8 Å². The van der Waals surface area contributed by atoms with Gasteiger partial charge in [0, 0.05) is 5.54 Å². The molecule has 7 nitrogen and oxygen atoms in total. The Morgan fingerprint density at radius 3 is 2.15 bits per heavy atom. The number of nitrogens with zero attached hydrogens (tertiary/aromatic N) is 1. The molecule has 0 aliphatic heterocycles. The number of hydrogen-bond acceptors (Lipinski definition) is 4. The Hall–Kier alpha value is -1.79. The van der Waals surface area contributed by atoms with Crippen LogP contribution in [-0.2, 0) is 9.59 Å². The summed E-state index contributed by atoms with van der Waals surface area (Å²) >= 11 is 0. The molecule has 0 fully saturated rings. The number of hydrogen-bond donors (Lipinski definition) is 4. The van der Waals surface area contributed by atoms with Crippen LogP contribution < -0.4 is 16.4 Å². The van der Waals surface area contributed by atoms with E-state index in [-0.39, 0.29) is 17.3 Å². The third kappa shape index (κ3) is 4.71. The average molecular weight is 286 g/mol. The number of amidine groups is 1. The topological polar surface area (TPSA) is 117 Å². The molecule has 5 N–H and O–H groups in total. The second-order valence-corrected chi connectivity index (χ2v) is 6.11. The largest absolute Gasteiger partial charge is 0.409 e. The SMILES string of the molecule is CCC(C)(C(=O)NC(C)C(=O)NC(C)(C)C)C(N)=NO. The van der Waals surface area contributed by atoms with E-state index >= 15 is 0 Å². The zero-order chi connectivity index (χ0) is 16.1. The molecular weight excluding hydrogens is 260 g/mol. The van der Waals surface area contributed by atoms with Crippen molar-refractivity contribution < 1.29 is 14.8 Å². The molecule has 0 aromatic carbocycles. The highest BCUT2D eigenvalue weighted by Crippen LogP contribution is 2.21. The van der Waals surface area contributed by atoms with E-state index in [9.17, 15) is 9.59 Å². The molecule has 0 radical (unpaired) electrons. The number of rotatable bonds is 5. The lowest BCUT2D eigenvalue weighted by Gasteiger charge is -2.28. The number of carbonyl (C=O) groups excluding carboxylic acids is 2. The van der Waals surface area contributed by atoms with Gasteiger partial charge in [-0.05, 0) is 41.0 Å². The van der Waals surface area contributed by atoms with Crippen LogP contribution in [0.4, 0.5) is 0 Å². The maximum atomic E-state index is 12.2. The van der Waals surface area contributed by atoms with E-state index in [0.29, 0.717) is 6.42 Å². The number of oxime groups is 1. The van der Waals surface area contributed by atoms with Gasteiger partial charge >= 0.3 is 0 Å². The molecule has 0 aliphatic rings. The van der Waals surface area contributed by atoms with Crippen LogP contribution in [0.1, 0.15) is 48.0 Å². The van der Waals surface area contributed by atoms with E-state index in [1.165, 1.54) is 0 Å². The zero-order valence-electron chi connectivity index (χ0n) is 13.1. The molecule has 20 heavy (non-hydrogen) atoms. The molecule has 0 aromatic rings. The quantitative estimate of drug-likeness (QED) is 0.256. The highest BCUT2D eigenvalue weighted by atomic mass is 16.4. The number of nitrogens with two attached hydrogens (primary N) is 1. The summed E-state index contributed by atoms with van der Waals surface area (Å²) in [6, 6.07) is -0.709. The van der Waals surface area contributed by atoms with Crippen LogP contribution >= 0.6 is 0 Å². The van der Waals surface area contributed by atoms with Gasteiger partial charge in [-0.15, -0.1) is 0 Å². The van der Waals surface area contributed by atoms with Crippen LogP contribution in [0.2, 0.25) is 0 Å². The maximum Gasteiger partial charge on any atom is 0.242 e. The Labute approximate surface area is 120 Å². The molecule has 0 aromatic heterocycles. The lowest BCUT2D eigenvalue weighted by molar-refractivity contribution is -0.132. The first-order valence-corrected chi connectivity index (χ1v) is 6.59. The molecule has 0 rings (SSSR count). The molecule has 0 heterocycles. The first-order chi connectivity index (χ1) is 8.97. The number of nitrogens with one attached hydrogen (secondary N) is 2. The van der Waals surface area contributed by atoms with Gasteiger partial charge in [-0.3, -0.25) is 9.59 Å². The van der Waals surface area contributed by atoms with Crippen molar-refractivity contribution in [3.8, 4) is 0 Å². The molecule has 116 valence electrons. The highest BCUT2D eigenvalue weighted by Gasteiger charge is 2.37. The van der Waals surface area contributed by atoms with Crippen molar-refractivity contribution in [2.75, 3.05) is 0 Å². The molecule has 0 saturated carbocycles. The van der Waals surface area contributed by atoms with Crippen molar-refractivity contribution in [1.82, 2.24) is 10.6 Å². The van der Waals surface area contributed by atoms with Crippen molar-refractivity contribution in [1.29, 1.82) is 0 Å². The number of amides is 2. The van der Waals surface area contributed by atoms with Crippen molar-refractivity contribution in [3.05, 3.63) is 0 Å². The Kier molecular flexibility index (Phi) is 5.99. The Balaban J connectivity index is 4.87. The van der Waals surface area contributed by atoms with E-state index < -0.39 is 17.4 Å². The lowest BCUT2D eigenvalue weighted by Crippen LogP contribution is -2.55. The van der Waals surface area contributed by atoms with E-state index in [1.54, 1.807) is 20.8 Å². The Morgan fingerprint density at radius 1 is 1.30 bits per heavy atom. The standard InChI is InChI=1S/C13H26N4O3/c1-7-13(6,10(14)17-20)11(19)15-8(2)9(18)16-12(3,4)5/h8,20H,7H2,1-6H3,(H2,14,17)(H,15,19)(H,16,18). The van der Waals surface area contributed by atoms with Gasteiger partial charge in [-0.25, -0.2) is 0 Å². The summed E-state index contributed by atoms with van der Waals surface area (Å²) in [5, 5.41) is 17.0. The minimum absolute atomic E-state index is 0.180. The van der Waals surface area contributed by atoms with Gasteiger partial charge in [-0.2, -0.15) is 0 Å². The fourth-order valence-corrected chi connectivity index (χ4v) is 1.47. The summed E-state index contributed by atoms with van der Waals surface area (Å²) in [5.41, 5.74) is 4.03. The first kappa shape index (κ1) is 18.2. The van der Waals surface area contributed by atoms with Gasteiger partial charge in [0.25, 0.3) is 0 Å². The van der Waals surface area contributed by atoms with Crippen LogP contribution in [0.15, 0.2) is 5.16 Å². The predicted molar refractivity (Wildman–Crippen MR) is 77.3 cm³/mol. The summed E-state index contributed by atoms with van der Waals surface area (Å²) < 4.78 is 0. The van der Waals surface area contributed by atoms with Gasteiger partial charge in [0.15, 0.2) is 5.84 Å². The molecule has 7 heteroatoms. The Morgan fingerprint density at radius 2 is 1.80 bits per heavy atom. The van der Waals surface area contributed by atoms with E-state index in [4.69, 9.17) is 10.9 Å². The van der Waals surface area contributed by atoms with Gasteiger partial charge in [0.1, 0.15) is 11.5 Å². The minimum atomic E-state index is -1.15. The van der Waals surface area contributed by atoms with Crippen molar-refractivity contribution in [2.24, 2.45) is 16.3 Å². The lowest BCUT2D eigenvalue weighted by atomic mass is 9.85. The fraction of sp³-hybridized carbons (Fsp3) is 0.769. The zero-order valence-corrected chi connectivity index (χ0v) is 13.1. The van der Waals surface area contributed by atoms with Crippen LogP contribution in [0, 0.1) is 5.41 Å². The van der Waals surface area contributed by atoms with Crippen LogP contribution in [0.5, 0.6) is 0 Å². The van der Waals surface area contributed by atoms with E-state index in [0.717, 1.165) is 0 Å². The minimum Gasteiger partial charge on any atom is -0.409 e. The normalized spacial score (nSPS) is 17.0. The second kappa shape index (κ2) is 6.58. The smallest absolute Gasteiger partial charge is 0.242 e. The molecular formula is C13H26N4O3. The molecule has 2 atom stereocenters. The third-order valence-corrected chi connectivity index (χ3v) is 3.12. The second-order valence-electron chi connectivity index (χ2n) is 6.11. The van der Waals surface area contributed by atoms with Gasteiger partial charge in [0.2, 0.25) is 11.8 Å². The summed E-state index contributed by atoms with van der Waals surface area (Å²) in [4.78, 5) is 24.1. The van der Waals surface area contributed by atoms with Crippen molar-refractivity contribution >= 4 is 17.6 Å². The molecule has 2 amide bonds. The average Bonchev–Trinajstić information content (AvgIpc) is 2.34. The van der Waals surface area contributed by atoms with Gasteiger partial charge in [0.05, 0.1) is 0 Å². The fourth-order valence-electron chi connectivity index (χ4n) is 1.47. The maximum absolute atomic E-state index is 12.2.